The van der Waals surface area contributed by atoms with Gasteiger partial charge in [-0.25, -0.2) is 4.85 Å². The summed E-state index contributed by atoms with van der Waals surface area (Å²) in [6.07, 6.45) is 3.28. The minimum absolute atomic E-state index is 0.0977. The number of hydrogen-bond acceptors (Lipinski definition) is 4. The third-order valence-electron chi connectivity index (χ3n) is 9.87. The molecule has 2 saturated heterocycles. The van der Waals surface area contributed by atoms with Gasteiger partial charge in [0.25, 0.3) is 0 Å². The first kappa shape index (κ1) is 27.1. The minimum Gasteiger partial charge on any atom is -0.371 e. The van der Waals surface area contributed by atoms with Crippen LogP contribution in [-0.4, -0.2) is 71.4 Å². The van der Waals surface area contributed by atoms with E-state index in [1.807, 2.05) is 18.2 Å². The first-order chi connectivity index (χ1) is 19.0. The summed E-state index contributed by atoms with van der Waals surface area (Å²) in [5, 5.41) is 0.915. The van der Waals surface area contributed by atoms with Crippen molar-refractivity contribution in [3.63, 3.8) is 0 Å². The molecule has 3 aliphatic rings. The Morgan fingerprint density at radius 2 is 1.73 bits per heavy atom. The molecule has 2 aromatic carbocycles. The monoisotopic (exact) mass is 537 g/mol. The molecule has 6 heteroatoms. The Labute approximate surface area is 239 Å². The average molecular weight is 538 g/mol. The predicted molar refractivity (Wildman–Crippen MR) is 164 cm³/mol. The maximum absolute atomic E-state index is 14.0. The molecule has 3 heterocycles. The highest BCUT2D eigenvalue weighted by Crippen LogP contribution is 2.46. The number of hydrogen-bond donors (Lipinski definition) is 1. The number of aromatic amines is 1. The van der Waals surface area contributed by atoms with Gasteiger partial charge < -0.3 is 9.88 Å². The topological polar surface area (TPSA) is 46.9 Å². The number of nitrogens with one attached hydrogen (secondary N) is 1. The lowest BCUT2D eigenvalue weighted by Crippen LogP contribution is -2.57. The number of nitrogens with zero attached hydrogens (tertiary/aromatic N) is 4. The van der Waals surface area contributed by atoms with E-state index in [4.69, 9.17) is 6.57 Å². The molecule has 0 spiro atoms. The number of rotatable bonds is 3. The number of fused-ring (bicyclic) bond motifs is 4. The van der Waals surface area contributed by atoms with E-state index in [9.17, 15) is 4.79 Å². The molecule has 6 rings (SSSR count). The van der Waals surface area contributed by atoms with E-state index in [0.717, 1.165) is 65.9 Å². The SMILES string of the molecule is [C-]#[N+]c1ccc2c3c([nH]c2c1)C(C)(C)c1cc(N2CCC(N4CCN(C(C)(C)C)CC4)CC2)c(CC)cc1C3=O. The second-order valence-electron chi connectivity index (χ2n) is 13.5. The van der Waals surface area contributed by atoms with Gasteiger partial charge in [0.05, 0.1) is 12.1 Å². The molecule has 210 valence electrons. The summed E-state index contributed by atoms with van der Waals surface area (Å²) in [7, 11) is 0. The Bertz CT molecular complexity index is 1500. The second kappa shape index (κ2) is 9.75. The van der Waals surface area contributed by atoms with Crippen molar-refractivity contribution in [2.75, 3.05) is 44.2 Å². The van der Waals surface area contributed by atoms with E-state index in [0.29, 0.717) is 11.7 Å². The molecule has 0 saturated carbocycles. The molecule has 0 radical (unpaired) electrons. The van der Waals surface area contributed by atoms with Gasteiger partial charge in [0.1, 0.15) is 0 Å². The van der Waals surface area contributed by atoms with Gasteiger partial charge in [0, 0.05) is 84.1 Å². The quantitative estimate of drug-likeness (QED) is 0.386. The predicted octanol–water partition coefficient (Wildman–Crippen LogP) is 6.54. The molecule has 2 fully saturated rings. The third-order valence-corrected chi connectivity index (χ3v) is 9.87. The number of aromatic nitrogens is 1. The summed E-state index contributed by atoms with van der Waals surface area (Å²) in [6, 6.07) is 10.8. The van der Waals surface area contributed by atoms with Crippen LogP contribution in [0.3, 0.4) is 0 Å². The summed E-state index contributed by atoms with van der Waals surface area (Å²) in [5.74, 6) is 0.0977. The molecule has 1 aliphatic carbocycles. The molecule has 0 bridgehead atoms. The van der Waals surface area contributed by atoms with Gasteiger partial charge in [0.15, 0.2) is 11.5 Å². The molecule has 6 nitrogen and oxygen atoms in total. The zero-order valence-electron chi connectivity index (χ0n) is 25.0. The standard InChI is InChI=1S/C34H43N5O/c1-8-22-19-26-27(34(5,6)32-30(31(26)40)25-10-9-23(35-7)20-28(25)36-32)21-29(22)38-13-11-24(12-14-38)37-15-17-39(18-16-37)33(2,3)4/h9-10,19-21,24,36H,8,11-18H2,1-6H3. The van der Waals surface area contributed by atoms with Crippen LogP contribution in [0.4, 0.5) is 11.4 Å². The number of aryl methyl sites for hydroxylation is 1. The van der Waals surface area contributed by atoms with Crippen molar-refractivity contribution in [3.8, 4) is 0 Å². The van der Waals surface area contributed by atoms with Crippen LogP contribution in [0.2, 0.25) is 0 Å². The van der Waals surface area contributed by atoms with Gasteiger partial charge >= 0.3 is 0 Å². The van der Waals surface area contributed by atoms with Gasteiger partial charge in [-0.15, -0.1) is 0 Å². The van der Waals surface area contributed by atoms with Gasteiger partial charge in [-0.05, 0) is 69.4 Å². The van der Waals surface area contributed by atoms with Crippen LogP contribution in [-0.2, 0) is 11.8 Å². The smallest absolute Gasteiger partial charge is 0.195 e. The van der Waals surface area contributed by atoms with Crippen LogP contribution in [0.15, 0.2) is 30.3 Å². The second-order valence-corrected chi connectivity index (χ2v) is 13.5. The maximum Gasteiger partial charge on any atom is 0.195 e. The summed E-state index contributed by atoms with van der Waals surface area (Å²) >= 11 is 0. The van der Waals surface area contributed by atoms with Crippen LogP contribution in [0.5, 0.6) is 0 Å². The number of H-pyrrole nitrogens is 1. The van der Waals surface area contributed by atoms with Crippen LogP contribution >= 0.6 is 0 Å². The lowest BCUT2D eigenvalue weighted by atomic mass is 9.70. The van der Waals surface area contributed by atoms with Crippen molar-refractivity contribution in [2.45, 2.75) is 77.8 Å². The zero-order valence-corrected chi connectivity index (χ0v) is 25.0. The molecule has 40 heavy (non-hydrogen) atoms. The lowest BCUT2D eigenvalue weighted by Gasteiger charge is -2.47. The van der Waals surface area contributed by atoms with E-state index >= 15 is 0 Å². The fraction of sp³-hybridized carbons (Fsp3) is 0.529. The van der Waals surface area contributed by atoms with E-state index < -0.39 is 0 Å². The molecule has 1 aromatic heterocycles. The van der Waals surface area contributed by atoms with Gasteiger partial charge in [-0.2, -0.15) is 0 Å². The van der Waals surface area contributed by atoms with Crippen molar-refractivity contribution >= 4 is 28.1 Å². The Kier molecular flexibility index (Phi) is 6.59. The number of carbonyl (C=O) groups excluding carboxylic acids is 1. The van der Waals surface area contributed by atoms with Crippen molar-refractivity contribution in [1.29, 1.82) is 0 Å². The molecule has 3 aromatic rings. The molecule has 0 atom stereocenters. The van der Waals surface area contributed by atoms with Crippen molar-refractivity contribution in [1.82, 2.24) is 14.8 Å². The maximum atomic E-state index is 14.0. The summed E-state index contributed by atoms with van der Waals surface area (Å²) < 4.78 is 0. The van der Waals surface area contributed by atoms with Crippen LogP contribution < -0.4 is 4.90 Å². The average Bonchev–Trinajstić information content (AvgIpc) is 3.35. The Morgan fingerprint density at radius 3 is 2.35 bits per heavy atom. The van der Waals surface area contributed by atoms with E-state index in [2.05, 4.69) is 78.2 Å². The molecule has 0 unspecified atom stereocenters. The normalized spacial score (nSPS) is 20.4. The third kappa shape index (κ3) is 4.35. The fourth-order valence-electron chi connectivity index (χ4n) is 7.37. The summed E-state index contributed by atoms with van der Waals surface area (Å²) in [4.78, 5) is 29.0. The Hall–Kier alpha value is -3.14. The van der Waals surface area contributed by atoms with Crippen LogP contribution in [0, 0.1) is 6.57 Å². The van der Waals surface area contributed by atoms with Gasteiger partial charge in [-0.3, -0.25) is 14.6 Å². The van der Waals surface area contributed by atoms with Crippen LogP contribution in [0.25, 0.3) is 15.7 Å². The highest BCUT2D eigenvalue weighted by atomic mass is 16.1. The zero-order chi connectivity index (χ0) is 28.4. The number of benzene rings is 2. The highest BCUT2D eigenvalue weighted by molar-refractivity contribution is 6.20. The summed E-state index contributed by atoms with van der Waals surface area (Å²) in [6.45, 7) is 27.8. The van der Waals surface area contributed by atoms with Crippen molar-refractivity contribution < 1.29 is 4.79 Å². The van der Waals surface area contributed by atoms with E-state index in [-0.39, 0.29) is 16.7 Å². The molecular formula is C34H43N5O. The molecular weight excluding hydrogens is 494 g/mol. The van der Waals surface area contributed by atoms with Crippen molar-refractivity contribution in [2.24, 2.45) is 0 Å². The summed E-state index contributed by atoms with van der Waals surface area (Å²) in [5.41, 5.74) is 7.60. The Morgan fingerprint density at radius 1 is 1.02 bits per heavy atom. The fourth-order valence-corrected chi connectivity index (χ4v) is 7.37. The number of carbonyl (C=O) groups is 1. The number of anilines is 1. The van der Waals surface area contributed by atoms with Crippen LogP contribution in [0.1, 0.15) is 87.1 Å². The molecule has 1 N–H and O–H groups in total. The first-order valence-corrected chi connectivity index (χ1v) is 15.0. The minimum atomic E-state index is -0.345. The van der Waals surface area contributed by atoms with E-state index in [1.165, 1.54) is 37.2 Å². The Balaban J connectivity index is 1.27. The number of ketones is 1. The molecule has 2 aliphatic heterocycles. The van der Waals surface area contributed by atoms with Crippen molar-refractivity contribution in [3.05, 3.63) is 69.7 Å². The van der Waals surface area contributed by atoms with Gasteiger partial charge in [0.2, 0.25) is 0 Å². The molecule has 0 amide bonds. The number of piperazine rings is 1. The lowest BCUT2D eigenvalue weighted by molar-refractivity contribution is 0.0364. The largest absolute Gasteiger partial charge is 0.371 e. The van der Waals surface area contributed by atoms with Gasteiger partial charge in [-0.1, -0.05) is 32.9 Å². The number of piperidine rings is 1. The highest BCUT2D eigenvalue weighted by Gasteiger charge is 2.41. The first-order valence-electron chi connectivity index (χ1n) is 15.0. The van der Waals surface area contributed by atoms with E-state index in [1.54, 1.807) is 0 Å².